The van der Waals surface area contributed by atoms with Crippen LogP contribution in [0.5, 0.6) is 5.75 Å². The second-order valence-electron chi connectivity index (χ2n) is 4.37. The van der Waals surface area contributed by atoms with Gasteiger partial charge in [0.25, 0.3) is 0 Å². The molecule has 0 aliphatic carbocycles. The molecule has 1 amide bonds. The third-order valence-electron chi connectivity index (χ3n) is 3.04. The lowest BCUT2D eigenvalue weighted by atomic mass is 10.0. The van der Waals surface area contributed by atoms with E-state index in [1.54, 1.807) is 18.2 Å². The monoisotopic (exact) mass is 286 g/mol. The van der Waals surface area contributed by atoms with Gasteiger partial charge in [-0.3, -0.25) is 0 Å². The molecule has 0 atom stereocenters. The van der Waals surface area contributed by atoms with Gasteiger partial charge in [0.2, 0.25) is 0 Å². The summed E-state index contributed by atoms with van der Waals surface area (Å²) in [4.78, 5) is 11.5. The zero-order chi connectivity index (χ0) is 14.8. The zero-order valence-corrected chi connectivity index (χ0v) is 10.9. The lowest BCUT2D eigenvalue weighted by Gasteiger charge is -2.20. The molecule has 5 nitrogen and oxygen atoms in total. The quantitative estimate of drug-likeness (QED) is 0.922. The summed E-state index contributed by atoms with van der Waals surface area (Å²) in [6.07, 6.45) is 0.753. The maximum Gasteiger partial charge on any atom is 0.435 e. The Balaban J connectivity index is 2.01. The summed E-state index contributed by atoms with van der Waals surface area (Å²) in [5, 5.41) is 14.6. The predicted octanol–water partition coefficient (Wildman–Crippen LogP) is 3.14. The molecule has 0 fully saturated rings. The van der Waals surface area contributed by atoms with Crippen molar-refractivity contribution in [2.45, 2.75) is 0 Å². The fourth-order valence-corrected chi connectivity index (χ4v) is 2.06. The lowest BCUT2D eigenvalue weighted by molar-refractivity contribution is 0.167. The number of carbonyl (C=O) groups is 1. The summed E-state index contributed by atoms with van der Waals surface area (Å²) in [6.45, 7) is 0.105. The molecule has 0 saturated heterocycles. The van der Waals surface area contributed by atoms with Gasteiger partial charge in [-0.05, 0) is 18.2 Å². The molecule has 1 aliphatic rings. The minimum Gasteiger partial charge on any atom is -0.507 e. The second kappa shape index (κ2) is 5.24. The van der Waals surface area contributed by atoms with Crippen LogP contribution in [0.4, 0.5) is 14.9 Å². The van der Waals surface area contributed by atoms with Gasteiger partial charge < -0.3 is 9.84 Å². The fourth-order valence-electron chi connectivity index (χ4n) is 2.06. The number of phenolic OH excluding ortho intramolecular Hbond substituents is 1. The molecule has 0 aromatic heterocycles. The minimum atomic E-state index is -0.660. The van der Waals surface area contributed by atoms with E-state index in [1.165, 1.54) is 30.5 Å². The molecular weight excluding hydrogens is 275 g/mol. The summed E-state index contributed by atoms with van der Waals surface area (Å²) in [5.74, 6) is -0.581. The lowest BCUT2D eigenvalue weighted by Crippen LogP contribution is -2.31. The van der Waals surface area contributed by atoms with Crippen molar-refractivity contribution in [3.8, 4) is 16.9 Å². The number of halogens is 1. The van der Waals surface area contributed by atoms with Crippen LogP contribution >= 0.6 is 0 Å². The molecule has 106 valence electrons. The van der Waals surface area contributed by atoms with Gasteiger partial charge in [-0.25, -0.2) is 9.18 Å². The SMILES string of the molecule is O=C1OCC=NN1c1ccc(-c2ccccc2O)c(F)c1. The molecule has 0 radical (unpaired) electrons. The van der Waals surface area contributed by atoms with Gasteiger partial charge in [-0.15, -0.1) is 0 Å². The number of phenols is 1. The zero-order valence-electron chi connectivity index (χ0n) is 10.9. The van der Waals surface area contributed by atoms with E-state index < -0.39 is 11.9 Å². The topological polar surface area (TPSA) is 62.1 Å². The number of benzene rings is 2. The summed E-state index contributed by atoms with van der Waals surface area (Å²) in [7, 11) is 0. The van der Waals surface area contributed by atoms with Gasteiger partial charge in [-0.2, -0.15) is 10.1 Å². The number of hydrazone groups is 1. The van der Waals surface area contributed by atoms with Gasteiger partial charge in [0.05, 0.1) is 11.9 Å². The highest BCUT2D eigenvalue weighted by molar-refractivity contribution is 5.91. The maximum atomic E-state index is 14.3. The number of carbonyl (C=O) groups excluding carboxylic acids is 1. The number of aromatic hydroxyl groups is 1. The molecule has 1 N–H and O–H groups in total. The summed E-state index contributed by atoms with van der Waals surface area (Å²) >= 11 is 0. The smallest absolute Gasteiger partial charge is 0.435 e. The molecule has 21 heavy (non-hydrogen) atoms. The van der Waals surface area contributed by atoms with Gasteiger partial charge in [0.1, 0.15) is 18.2 Å². The number of para-hydroxylation sites is 1. The average Bonchev–Trinajstić information content (AvgIpc) is 2.49. The van der Waals surface area contributed by atoms with Crippen molar-refractivity contribution in [2.75, 3.05) is 11.6 Å². The highest BCUT2D eigenvalue weighted by Crippen LogP contribution is 2.32. The number of nitrogens with zero attached hydrogens (tertiary/aromatic N) is 2. The minimum absolute atomic E-state index is 0.0143. The molecule has 1 heterocycles. The predicted molar refractivity (Wildman–Crippen MR) is 75.8 cm³/mol. The largest absolute Gasteiger partial charge is 0.507 e. The Hall–Kier alpha value is -2.89. The maximum absolute atomic E-state index is 14.3. The van der Waals surface area contributed by atoms with Crippen molar-refractivity contribution in [2.24, 2.45) is 5.10 Å². The van der Waals surface area contributed by atoms with E-state index in [4.69, 9.17) is 4.74 Å². The molecular formula is C15H11FN2O3. The molecule has 0 spiro atoms. The van der Waals surface area contributed by atoms with E-state index in [0.717, 1.165) is 5.01 Å². The molecule has 0 saturated carbocycles. The number of cyclic esters (lactones) is 1. The van der Waals surface area contributed by atoms with Crippen molar-refractivity contribution >= 4 is 18.0 Å². The standard InChI is InChI=1S/C15H11FN2O3/c16-13-9-10(18-15(20)21-8-7-17-18)5-6-11(13)12-3-1-2-4-14(12)19/h1-7,9,19H,8H2. The molecule has 2 aromatic carbocycles. The van der Waals surface area contributed by atoms with Gasteiger partial charge in [0.15, 0.2) is 0 Å². The Labute approximate surface area is 119 Å². The van der Waals surface area contributed by atoms with Crippen molar-refractivity contribution in [1.82, 2.24) is 0 Å². The van der Waals surface area contributed by atoms with Crippen LogP contribution in [0.2, 0.25) is 0 Å². The summed E-state index contributed by atoms with van der Waals surface area (Å²) in [5.41, 5.74) is 0.880. The first-order valence-corrected chi connectivity index (χ1v) is 6.24. The van der Waals surface area contributed by atoms with Crippen LogP contribution < -0.4 is 5.01 Å². The van der Waals surface area contributed by atoms with Crippen LogP contribution in [0.15, 0.2) is 47.6 Å². The first kappa shape index (κ1) is 13.1. The van der Waals surface area contributed by atoms with Crippen LogP contribution in [0.25, 0.3) is 11.1 Å². The molecule has 0 unspecified atom stereocenters. The van der Waals surface area contributed by atoms with Crippen LogP contribution in [0, 0.1) is 5.82 Å². The van der Waals surface area contributed by atoms with E-state index in [0.29, 0.717) is 5.56 Å². The normalized spacial score (nSPS) is 14.1. The molecule has 1 aliphatic heterocycles. The van der Waals surface area contributed by atoms with Crippen LogP contribution in [0.1, 0.15) is 0 Å². The third-order valence-corrected chi connectivity index (χ3v) is 3.04. The van der Waals surface area contributed by atoms with Crippen molar-refractivity contribution in [3.05, 3.63) is 48.3 Å². The number of rotatable bonds is 2. The average molecular weight is 286 g/mol. The Morgan fingerprint density at radius 2 is 2.00 bits per heavy atom. The number of amides is 1. The summed E-state index contributed by atoms with van der Waals surface area (Å²) in [6, 6.07) is 10.6. The Kier molecular flexibility index (Phi) is 3.27. The van der Waals surface area contributed by atoms with Crippen LogP contribution in [-0.4, -0.2) is 24.0 Å². The number of hydrogen-bond acceptors (Lipinski definition) is 4. The Morgan fingerprint density at radius 3 is 2.71 bits per heavy atom. The van der Waals surface area contributed by atoms with Crippen molar-refractivity contribution < 1.29 is 19.0 Å². The highest BCUT2D eigenvalue weighted by atomic mass is 19.1. The van der Waals surface area contributed by atoms with Gasteiger partial charge >= 0.3 is 6.09 Å². The van der Waals surface area contributed by atoms with E-state index >= 15 is 0 Å². The third kappa shape index (κ3) is 2.43. The Morgan fingerprint density at radius 1 is 1.19 bits per heavy atom. The highest BCUT2D eigenvalue weighted by Gasteiger charge is 2.20. The summed E-state index contributed by atoms with van der Waals surface area (Å²) < 4.78 is 19.1. The van der Waals surface area contributed by atoms with E-state index in [1.807, 2.05) is 0 Å². The van der Waals surface area contributed by atoms with Gasteiger partial charge in [-0.1, -0.05) is 18.2 Å². The van der Waals surface area contributed by atoms with Crippen LogP contribution in [-0.2, 0) is 4.74 Å². The number of hydrogen-bond donors (Lipinski definition) is 1. The fraction of sp³-hybridized carbons (Fsp3) is 0.0667. The Bertz CT molecular complexity index is 731. The first-order chi connectivity index (χ1) is 10.2. The van der Waals surface area contributed by atoms with Gasteiger partial charge in [0, 0.05) is 17.2 Å². The van der Waals surface area contributed by atoms with Crippen molar-refractivity contribution in [3.63, 3.8) is 0 Å². The van der Waals surface area contributed by atoms with E-state index in [9.17, 15) is 14.3 Å². The molecule has 3 rings (SSSR count). The number of anilines is 1. The molecule has 0 bridgehead atoms. The molecule has 6 heteroatoms. The second-order valence-corrected chi connectivity index (χ2v) is 4.37. The van der Waals surface area contributed by atoms with Crippen LogP contribution in [0.3, 0.4) is 0 Å². The molecule has 2 aromatic rings. The van der Waals surface area contributed by atoms with Crippen molar-refractivity contribution in [1.29, 1.82) is 0 Å². The first-order valence-electron chi connectivity index (χ1n) is 6.24. The number of ether oxygens (including phenoxy) is 1. The van der Waals surface area contributed by atoms with E-state index in [-0.39, 0.29) is 23.6 Å². The van der Waals surface area contributed by atoms with E-state index in [2.05, 4.69) is 5.10 Å².